The summed E-state index contributed by atoms with van der Waals surface area (Å²) < 4.78 is 22.3. The molecule has 0 spiro atoms. The van der Waals surface area contributed by atoms with Crippen molar-refractivity contribution in [2.24, 2.45) is 4.99 Å². The molecule has 7 nitrogen and oxygen atoms in total. The summed E-state index contributed by atoms with van der Waals surface area (Å²) in [6.07, 6.45) is 0. The number of carbonyl (C=O) groups excluding carboxylic acids is 1. The lowest BCUT2D eigenvalue weighted by molar-refractivity contribution is -0.134. The summed E-state index contributed by atoms with van der Waals surface area (Å²) >= 11 is 0. The summed E-state index contributed by atoms with van der Waals surface area (Å²) in [5.74, 6) is 1.80. The van der Waals surface area contributed by atoms with Crippen molar-refractivity contribution in [2.45, 2.75) is 13.0 Å². The van der Waals surface area contributed by atoms with Crippen molar-refractivity contribution in [3.63, 3.8) is 0 Å². The molecule has 1 N–H and O–H groups in total. The molecule has 150 valence electrons. The number of ether oxygens (including phenoxy) is 4. The van der Waals surface area contributed by atoms with E-state index in [2.05, 4.69) is 4.99 Å². The molecule has 0 saturated carbocycles. The average Bonchev–Trinajstić information content (AvgIpc) is 3.28. The lowest BCUT2D eigenvalue weighted by Gasteiger charge is -2.15. The largest absolute Gasteiger partial charge is 0.497 e. The molecule has 1 atom stereocenters. The van der Waals surface area contributed by atoms with Gasteiger partial charge in [0.1, 0.15) is 35.7 Å². The maximum atomic E-state index is 12.7. The van der Waals surface area contributed by atoms with Gasteiger partial charge < -0.3 is 24.1 Å². The lowest BCUT2D eigenvalue weighted by Crippen LogP contribution is -2.19. The third kappa shape index (κ3) is 3.34. The number of rotatable bonds is 7. The third-order valence-corrected chi connectivity index (χ3v) is 4.70. The quantitative estimate of drug-likeness (QED) is 0.726. The first kappa shape index (κ1) is 19.0. The van der Waals surface area contributed by atoms with Crippen molar-refractivity contribution in [1.82, 2.24) is 0 Å². The molecule has 1 unspecified atom stereocenters. The zero-order chi connectivity index (χ0) is 20.4. The number of benzene rings is 2. The monoisotopic (exact) mass is 395 g/mol. The lowest BCUT2D eigenvalue weighted by atomic mass is 9.98. The molecule has 0 radical (unpaired) electrons. The smallest absolute Gasteiger partial charge is 0.357 e. The van der Waals surface area contributed by atoms with Gasteiger partial charge in [-0.2, -0.15) is 0 Å². The maximum Gasteiger partial charge on any atom is 0.357 e. The van der Waals surface area contributed by atoms with Gasteiger partial charge in [0, 0.05) is 17.2 Å². The Bertz CT molecular complexity index is 1010. The van der Waals surface area contributed by atoms with Crippen molar-refractivity contribution in [1.29, 1.82) is 0 Å². The van der Waals surface area contributed by atoms with Gasteiger partial charge in [-0.1, -0.05) is 18.2 Å². The Balaban J connectivity index is 1.87. The number of para-hydroxylation sites is 1. The molecular weight excluding hydrogens is 374 g/mol. The number of methoxy groups -OCH3 is 1. The Morgan fingerprint density at radius 3 is 2.83 bits per heavy atom. The number of hydrogen-bond acceptors (Lipinski definition) is 7. The van der Waals surface area contributed by atoms with Gasteiger partial charge >= 0.3 is 5.97 Å². The average molecular weight is 395 g/mol. The molecule has 0 aromatic heterocycles. The van der Waals surface area contributed by atoms with Gasteiger partial charge in [-0.05, 0) is 25.1 Å². The predicted octanol–water partition coefficient (Wildman–Crippen LogP) is 2.93. The molecule has 2 aromatic rings. The zero-order valence-corrected chi connectivity index (χ0v) is 16.2. The van der Waals surface area contributed by atoms with Crippen LogP contribution in [0.3, 0.4) is 0 Å². The summed E-state index contributed by atoms with van der Waals surface area (Å²) in [6, 6.07) is 12.5. The highest BCUT2D eigenvalue weighted by atomic mass is 16.5. The predicted molar refractivity (Wildman–Crippen MR) is 106 cm³/mol. The number of aliphatic hydroxyl groups excluding tert-OH is 1. The minimum atomic E-state index is -0.519. The van der Waals surface area contributed by atoms with Crippen LogP contribution >= 0.6 is 0 Å². The third-order valence-electron chi connectivity index (χ3n) is 4.70. The number of aliphatic imine (C=N–C) groups is 1. The van der Waals surface area contributed by atoms with E-state index in [1.165, 1.54) is 0 Å². The van der Waals surface area contributed by atoms with Crippen LogP contribution in [0.15, 0.2) is 53.2 Å². The van der Waals surface area contributed by atoms with E-state index in [0.29, 0.717) is 34.1 Å². The van der Waals surface area contributed by atoms with Crippen LogP contribution in [0.2, 0.25) is 0 Å². The fourth-order valence-corrected chi connectivity index (χ4v) is 3.47. The van der Waals surface area contributed by atoms with Crippen LogP contribution in [0.1, 0.15) is 24.1 Å². The second-order valence-corrected chi connectivity index (χ2v) is 6.41. The minimum absolute atomic E-state index is 0.0964. The molecule has 0 fully saturated rings. The van der Waals surface area contributed by atoms with Crippen molar-refractivity contribution >= 4 is 17.3 Å². The molecule has 4 rings (SSSR count). The Kier molecular flexibility index (Phi) is 5.22. The molecule has 29 heavy (non-hydrogen) atoms. The summed E-state index contributed by atoms with van der Waals surface area (Å²) in [4.78, 5) is 17.3. The van der Waals surface area contributed by atoms with Gasteiger partial charge in [0.15, 0.2) is 5.71 Å². The summed E-state index contributed by atoms with van der Waals surface area (Å²) in [6.45, 7) is 1.93. The van der Waals surface area contributed by atoms with E-state index in [-0.39, 0.29) is 25.5 Å². The number of aliphatic hydroxyl groups is 1. The second kappa shape index (κ2) is 7.97. The number of hydrogen-bond donors (Lipinski definition) is 1. The fourth-order valence-electron chi connectivity index (χ4n) is 3.47. The van der Waals surface area contributed by atoms with Crippen LogP contribution in [0.4, 0.5) is 0 Å². The summed E-state index contributed by atoms with van der Waals surface area (Å²) in [5, 5.41) is 9.20. The van der Waals surface area contributed by atoms with E-state index in [0.717, 1.165) is 5.56 Å². The van der Waals surface area contributed by atoms with Crippen molar-refractivity contribution < 1.29 is 28.8 Å². The van der Waals surface area contributed by atoms with Crippen LogP contribution < -0.4 is 14.2 Å². The molecule has 2 heterocycles. The van der Waals surface area contributed by atoms with Gasteiger partial charge in [-0.25, -0.2) is 4.79 Å². The van der Waals surface area contributed by atoms with E-state index in [4.69, 9.17) is 18.9 Å². The molecule has 0 aliphatic carbocycles. The number of esters is 1. The van der Waals surface area contributed by atoms with E-state index in [1.54, 1.807) is 32.2 Å². The first-order chi connectivity index (χ1) is 14.2. The molecule has 2 aromatic carbocycles. The zero-order valence-electron chi connectivity index (χ0n) is 16.2. The first-order valence-corrected chi connectivity index (χ1v) is 9.36. The standard InChI is InChI=1S/C22H21NO6/c1-3-27-22(25)20-18(14-9-8-13(26-2)12-17(14)28-11-10-24)21-19(23-20)15-6-4-5-7-16(15)29-21/h4-9,12,19,24H,3,10-11H2,1-2H3. The topological polar surface area (TPSA) is 86.6 Å². The molecule has 7 heteroatoms. The van der Waals surface area contributed by atoms with Gasteiger partial charge in [0.2, 0.25) is 0 Å². The molecule has 2 aliphatic rings. The van der Waals surface area contributed by atoms with E-state index in [9.17, 15) is 9.90 Å². The van der Waals surface area contributed by atoms with Crippen LogP contribution in [-0.4, -0.2) is 43.7 Å². The number of nitrogens with zero attached hydrogens (tertiary/aromatic N) is 1. The SMILES string of the molecule is CCOC(=O)C1=NC2C(=C1c1ccc(OC)cc1OCCO)Oc1ccccc12. The van der Waals surface area contributed by atoms with Crippen molar-refractivity contribution in [2.75, 3.05) is 26.9 Å². The highest BCUT2D eigenvalue weighted by molar-refractivity contribution is 6.55. The van der Waals surface area contributed by atoms with Gasteiger partial charge in [-0.3, -0.25) is 4.99 Å². The highest BCUT2D eigenvalue weighted by Crippen LogP contribution is 2.50. The number of fused-ring (bicyclic) bond motifs is 3. The van der Waals surface area contributed by atoms with Gasteiger partial charge in [0.05, 0.1) is 25.9 Å². The van der Waals surface area contributed by atoms with E-state index >= 15 is 0 Å². The van der Waals surface area contributed by atoms with Crippen LogP contribution in [0.5, 0.6) is 17.2 Å². The highest BCUT2D eigenvalue weighted by Gasteiger charge is 2.42. The second-order valence-electron chi connectivity index (χ2n) is 6.41. The van der Waals surface area contributed by atoms with Gasteiger partial charge in [-0.15, -0.1) is 0 Å². The van der Waals surface area contributed by atoms with Crippen molar-refractivity contribution in [3.8, 4) is 17.2 Å². The molecule has 0 saturated heterocycles. The van der Waals surface area contributed by atoms with Crippen LogP contribution in [-0.2, 0) is 9.53 Å². The molecule has 0 bridgehead atoms. The van der Waals surface area contributed by atoms with E-state index < -0.39 is 12.0 Å². The van der Waals surface area contributed by atoms with Crippen LogP contribution in [0.25, 0.3) is 5.57 Å². The fraction of sp³-hybridized carbons (Fsp3) is 0.273. The number of carbonyl (C=O) groups is 1. The molecule has 2 aliphatic heterocycles. The van der Waals surface area contributed by atoms with Gasteiger partial charge in [0.25, 0.3) is 0 Å². The van der Waals surface area contributed by atoms with Crippen LogP contribution in [0, 0.1) is 0 Å². The van der Waals surface area contributed by atoms with Crippen molar-refractivity contribution in [3.05, 3.63) is 59.4 Å². The maximum absolute atomic E-state index is 12.7. The normalized spacial score (nSPS) is 16.7. The molecule has 0 amide bonds. The summed E-state index contributed by atoms with van der Waals surface area (Å²) in [7, 11) is 1.56. The molecular formula is C22H21NO6. The first-order valence-electron chi connectivity index (χ1n) is 9.36. The van der Waals surface area contributed by atoms with E-state index in [1.807, 2.05) is 24.3 Å². The Morgan fingerprint density at radius 1 is 1.24 bits per heavy atom. The Labute approximate surface area is 168 Å². The Morgan fingerprint density at radius 2 is 2.07 bits per heavy atom. The minimum Gasteiger partial charge on any atom is -0.497 e. The Hall–Kier alpha value is -3.32. The summed E-state index contributed by atoms with van der Waals surface area (Å²) in [5.41, 5.74) is 2.24.